The molecule has 1 amide bonds. The Kier molecular flexibility index (Phi) is 5.84. The predicted octanol–water partition coefficient (Wildman–Crippen LogP) is 4.24. The minimum Gasteiger partial charge on any atom is -0.467 e. The maximum atomic E-state index is 13.6. The van der Waals surface area contributed by atoms with E-state index in [1.165, 1.54) is 12.0 Å². The maximum Gasteiger partial charge on any atom is 0.411 e. The van der Waals surface area contributed by atoms with Crippen LogP contribution in [-0.2, 0) is 26.3 Å². The number of rotatable bonds is 5. The second kappa shape index (κ2) is 8.95. The number of fused-ring (bicyclic) bond motifs is 1. The Morgan fingerprint density at radius 3 is 2.12 bits per heavy atom. The van der Waals surface area contributed by atoms with Crippen molar-refractivity contribution in [1.29, 1.82) is 0 Å². The minimum absolute atomic E-state index is 0.0805. The lowest BCUT2D eigenvalue weighted by molar-refractivity contribution is -0.150. The van der Waals surface area contributed by atoms with Crippen molar-refractivity contribution in [2.45, 2.75) is 36.6 Å². The van der Waals surface area contributed by atoms with Crippen LogP contribution in [0.3, 0.4) is 0 Å². The molecule has 0 bridgehead atoms. The summed E-state index contributed by atoms with van der Waals surface area (Å²) in [5, 5.41) is 11.0. The van der Waals surface area contributed by atoms with Crippen molar-refractivity contribution >= 4 is 12.1 Å². The number of aliphatic hydroxyl groups is 1. The fourth-order valence-corrected chi connectivity index (χ4v) is 5.84. The molecule has 1 saturated heterocycles. The van der Waals surface area contributed by atoms with Crippen molar-refractivity contribution in [3.8, 4) is 0 Å². The fraction of sp³-hybridized carbons (Fsp3) is 0.286. The number of ether oxygens (including phenoxy) is 2. The molecular weight excluding hydrogens is 430 g/mol. The van der Waals surface area contributed by atoms with Crippen LogP contribution in [0.2, 0.25) is 0 Å². The highest BCUT2D eigenvalue weighted by atomic mass is 16.6. The standard InChI is InChI=1S/C28H27NO5/c1-33-26(31)25-28(21-15-9-4-10-16-21)17-22(30)23(28)24(20-13-7-3-8-14-20)29(25)27(32)34-18-19-11-5-2-6-12-19/h2-16,22-25,30H,17-18H2,1H3/t22-,23+,24-,25+,28-/m0/s1. The number of carbonyl (C=O) groups is 2. The number of aliphatic hydroxyl groups excluding tert-OH is 1. The summed E-state index contributed by atoms with van der Waals surface area (Å²) in [6.45, 7) is 0.0805. The topological polar surface area (TPSA) is 76.1 Å². The van der Waals surface area contributed by atoms with Crippen LogP contribution in [0.1, 0.15) is 29.2 Å². The van der Waals surface area contributed by atoms with Gasteiger partial charge in [0.15, 0.2) is 0 Å². The molecule has 34 heavy (non-hydrogen) atoms. The molecule has 174 valence electrons. The minimum atomic E-state index is -0.929. The van der Waals surface area contributed by atoms with E-state index >= 15 is 0 Å². The van der Waals surface area contributed by atoms with Gasteiger partial charge in [0.05, 0.1) is 19.3 Å². The van der Waals surface area contributed by atoms with E-state index in [0.717, 1.165) is 16.7 Å². The van der Waals surface area contributed by atoms with Gasteiger partial charge in [0.1, 0.15) is 12.6 Å². The van der Waals surface area contributed by atoms with Gasteiger partial charge in [-0.3, -0.25) is 4.90 Å². The van der Waals surface area contributed by atoms with Crippen LogP contribution in [0, 0.1) is 5.92 Å². The predicted molar refractivity (Wildman–Crippen MR) is 126 cm³/mol. The van der Waals surface area contributed by atoms with Gasteiger partial charge >= 0.3 is 12.1 Å². The summed E-state index contributed by atoms with van der Waals surface area (Å²) >= 11 is 0. The van der Waals surface area contributed by atoms with Gasteiger partial charge in [0.2, 0.25) is 0 Å². The van der Waals surface area contributed by atoms with Crippen molar-refractivity contribution in [1.82, 2.24) is 4.90 Å². The van der Waals surface area contributed by atoms with E-state index in [-0.39, 0.29) is 12.5 Å². The highest BCUT2D eigenvalue weighted by Crippen LogP contribution is 2.64. The number of methoxy groups -OCH3 is 1. The van der Waals surface area contributed by atoms with E-state index in [2.05, 4.69) is 0 Å². The molecule has 1 N–H and O–H groups in total. The molecule has 6 heteroatoms. The van der Waals surface area contributed by atoms with Gasteiger partial charge in [-0.2, -0.15) is 0 Å². The molecule has 0 spiro atoms. The lowest BCUT2D eigenvalue weighted by Gasteiger charge is -2.51. The molecule has 3 aromatic rings. The molecule has 2 aliphatic rings. The molecule has 1 aliphatic heterocycles. The Hall–Kier alpha value is -3.64. The van der Waals surface area contributed by atoms with Crippen LogP contribution in [-0.4, -0.2) is 41.3 Å². The second-order valence-electron chi connectivity index (χ2n) is 8.93. The first-order valence-corrected chi connectivity index (χ1v) is 11.4. The molecule has 5 rings (SSSR count). The number of benzene rings is 3. The van der Waals surface area contributed by atoms with Crippen LogP contribution in [0.25, 0.3) is 0 Å². The lowest BCUT2D eigenvalue weighted by atomic mass is 9.52. The van der Waals surface area contributed by atoms with E-state index in [1.807, 2.05) is 91.0 Å². The molecule has 2 fully saturated rings. The van der Waals surface area contributed by atoms with E-state index in [9.17, 15) is 14.7 Å². The largest absolute Gasteiger partial charge is 0.467 e. The third kappa shape index (κ3) is 3.46. The smallest absolute Gasteiger partial charge is 0.411 e. The maximum absolute atomic E-state index is 13.6. The number of nitrogens with zero attached hydrogens (tertiary/aromatic N) is 1. The number of likely N-dealkylation sites (tertiary alicyclic amines) is 1. The number of amides is 1. The summed E-state index contributed by atoms with van der Waals surface area (Å²) in [5.74, 6) is -0.901. The number of carbonyl (C=O) groups excluding carboxylic acids is 2. The Labute approximate surface area is 198 Å². The molecule has 0 aromatic heterocycles. The molecule has 5 atom stereocenters. The van der Waals surface area contributed by atoms with Gasteiger partial charge < -0.3 is 14.6 Å². The SMILES string of the molecule is COC(=O)[C@H]1N(C(=O)OCc2ccccc2)[C@@H](c2ccccc2)[C@H]2[C@@H](O)C[C@]21c1ccccc1. The van der Waals surface area contributed by atoms with Crippen molar-refractivity contribution in [2.24, 2.45) is 5.92 Å². The molecule has 1 saturated carbocycles. The first kappa shape index (κ1) is 22.2. The van der Waals surface area contributed by atoms with Gasteiger partial charge in [-0.1, -0.05) is 91.0 Å². The third-order valence-electron chi connectivity index (χ3n) is 7.25. The van der Waals surface area contributed by atoms with Crippen molar-refractivity contribution in [3.05, 3.63) is 108 Å². The van der Waals surface area contributed by atoms with Crippen LogP contribution < -0.4 is 0 Å². The van der Waals surface area contributed by atoms with E-state index in [4.69, 9.17) is 9.47 Å². The van der Waals surface area contributed by atoms with Crippen molar-refractivity contribution < 1.29 is 24.2 Å². The second-order valence-corrected chi connectivity index (χ2v) is 8.93. The van der Waals surface area contributed by atoms with Gasteiger partial charge in [-0.25, -0.2) is 9.59 Å². The fourth-order valence-electron chi connectivity index (χ4n) is 5.84. The summed E-state index contributed by atoms with van der Waals surface area (Å²) in [7, 11) is 1.33. The molecule has 1 aliphatic carbocycles. The zero-order valence-electron chi connectivity index (χ0n) is 18.9. The van der Waals surface area contributed by atoms with Crippen LogP contribution in [0.4, 0.5) is 4.79 Å². The summed E-state index contributed by atoms with van der Waals surface area (Å²) in [4.78, 5) is 28.4. The summed E-state index contributed by atoms with van der Waals surface area (Å²) in [5.41, 5.74) is 1.82. The van der Waals surface area contributed by atoms with Gasteiger partial charge in [0, 0.05) is 11.3 Å². The van der Waals surface area contributed by atoms with Crippen LogP contribution in [0.15, 0.2) is 91.0 Å². The number of hydrogen-bond acceptors (Lipinski definition) is 5. The Morgan fingerprint density at radius 2 is 1.53 bits per heavy atom. The Balaban J connectivity index is 1.61. The summed E-state index contributed by atoms with van der Waals surface area (Å²) < 4.78 is 11.0. The number of esters is 1. The molecule has 0 radical (unpaired) electrons. The van der Waals surface area contributed by atoms with E-state index in [1.54, 1.807) is 0 Å². The van der Waals surface area contributed by atoms with Crippen molar-refractivity contribution in [2.75, 3.05) is 7.11 Å². The molecule has 3 aromatic carbocycles. The van der Waals surface area contributed by atoms with Crippen molar-refractivity contribution in [3.63, 3.8) is 0 Å². The average molecular weight is 458 g/mol. The third-order valence-corrected chi connectivity index (χ3v) is 7.25. The van der Waals surface area contributed by atoms with Gasteiger partial charge in [0.25, 0.3) is 0 Å². The van der Waals surface area contributed by atoms with E-state index in [0.29, 0.717) is 6.42 Å². The molecule has 0 unspecified atom stereocenters. The summed E-state index contributed by atoms with van der Waals surface area (Å²) in [6.07, 6.45) is -0.928. The van der Waals surface area contributed by atoms with Gasteiger partial charge in [-0.15, -0.1) is 0 Å². The molecular formula is C28H27NO5. The Morgan fingerprint density at radius 1 is 0.941 bits per heavy atom. The molecule has 1 heterocycles. The zero-order valence-corrected chi connectivity index (χ0v) is 18.9. The Bertz CT molecular complexity index is 1150. The normalized spacial score (nSPS) is 27.4. The number of hydrogen-bond donors (Lipinski definition) is 1. The van der Waals surface area contributed by atoms with E-state index < -0.39 is 35.7 Å². The summed E-state index contributed by atoms with van der Waals surface area (Å²) in [6, 6.07) is 27.1. The first-order valence-electron chi connectivity index (χ1n) is 11.4. The van der Waals surface area contributed by atoms with Crippen LogP contribution in [0.5, 0.6) is 0 Å². The monoisotopic (exact) mass is 457 g/mol. The average Bonchev–Trinajstić information content (AvgIpc) is 3.14. The highest BCUT2D eigenvalue weighted by Gasteiger charge is 2.72. The van der Waals surface area contributed by atoms with Gasteiger partial charge in [-0.05, 0) is 23.1 Å². The van der Waals surface area contributed by atoms with Crippen LogP contribution >= 0.6 is 0 Å². The highest BCUT2D eigenvalue weighted by molar-refractivity contribution is 5.86. The lowest BCUT2D eigenvalue weighted by Crippen LogP contribution is -2.60. The quantitative estimate of drug-likeness (QED) is 0.580. The first-order chi connectivity index (χ1) is 16.6. The zero-order chi connectivity index (χ0) is 23.7. The molecule has 6 nitrogen and oxygen atoms in total.